The van der Waals surface area contributed by atoms with Gasteiger partial charge in [0.1, 0.15) is 5.01 Å². The number of aryl methyl sites for hydroxylation is 2. The summed E-state index contributed by atoms with van der Waals surface area (Å²) in [6.07, 6.45) is 1.70. The highest BCUT2D eigenvalue weighted by molar-refractivity contribution is 7.15. The molecule has 23 heavy (non-hydrogen) atoms. The Morgan fingerprint density at radius 1 is 1.04 bits per heavy atom. The van der Waals surface area contributed by atoms with Gasteiger partial charge in [-0.15, -0.1) is 10.2 Å². The van der Waals surface area contributed by atoms with Crippen LogP contribution in [0.1, 0.15) is 20.9 Å². The number of halogens is 1. The first-order chi connectivity index (χ1) is 11.2. The number of nitrogens with zero attached hydrogens (tertiary/aromatic N) is 2. The van der Waals surface area contributed by atoms with Crippen LogP contribution in [0.15, 0.2) is 54.6 Å². The number of nitrogens with one attached hydrogen (secondary N) is 1. The van der Waals surface area contributed by atoms with E-state index in [0.29, 0.717) is 15.7 Å². The lowest BCUT2D eigenvalue weighted by Gasteiger charge is -2.01. The molecule has 1 N–H and O–H groups in total. The molecule has 116 valence electrons. The summed E-state index contributed by atoms with van der Waals surface area (Å²) in [6, 6.07) is 17.0. The Hall–Kier alpha value is -2.24. The van der Waals surface area contributed by atoms with E-state index in [1.165, 1.54) is 16.9 Å². The van der Waals surface area contributed by atoms with Crippen LogP contribution in [0.25, 0.3) is 0 Å². The molecular formula is C17H14ClN3OS. The minimum Gasteiger partial charge on any atom is -0.296 e. The molecule has 4 nitrogen and oxygen atoms in total. The first kappa shape index (κ1) is 15.6. The van der Waals surface area contributed by atoms with Gasteiger partial charge in [0.15, 0.2) is 0 Å². The topological polar surface area (TPSA) is 54.9 Å². The molecule has 2 aromatic carbocycles. The Kier molecular flexibility index (Phi) is 5.00. The van der Waals surface area contributed by atoms with Gasteiger partial charge >= 0.3 is 0 Å². The van der Waals surface area contributed by atoms with E-state index in [4.69, 9.17) is 11.6 Å². The van der Waals surface area contributed by atoms with E-state index >= 15 is 0 Å². The van der Waals surface area contributed by atoms with Crippen LogP contribution in [0.2, 0.25) is 5.02 Å². The Labute approximate surface area is 143 Å². The van der Waals surface area contributed by atoms with Gasteiger partial charge in [0.05, 0.1) is 0 Å². The molecule has 1 heterocycles. The lowest BCUT2D eigenvalue weighted by atomic mass is 10.1. The highest BCUT2D eigenvalue weighted by Crippen LogP contribution is 2.19. The Morgan fingerprint density at radius 3 is 2.65 bits per heavy atom. The van der Waals surface area contributed by atoms with E-state index in [2.05, 4.69) is 27.6 Å². The number of carbonyl (C=O) groups is 1. The van der Waals surface area contributed by atoms with Crippen LogP contribution in [0.3, 0.4) is 0 Å². The average molecular weight is 344 g/mol. The normalized spacial score (nSPS) is 10.5. The highest BCUT2D eigenvalue weighted by Gasteiger charge is 2.10. The van der Waals surface area contributed by atoms with Gasteiger partial charge in [-0.1, -0.05) is 59.3 Å². The van der Waals surface area contributed by atoms with Crippen molar-refractivity contribution in [3.8, 4) is 0 Å². The monoisotopic (exact) mass is 343 g/mol. The summed E-state index contributed by atoms with van der Waals surface area (Å²) in [5, 5.41) is 12.8. The summed E-state index contributed by atoms with van der Waals surface area (Å²) in [5.74, 6) is -0.238. The molecule has 0 aliphatic rings. The van der Waals surface area contributed by atoms with Gasteiger partial charge < -0.3 is 0 Å². The Balaban J connectivity index is 1.60. The van der Waals surface area contributed by atoms with Crippen LogP contribution in [0, 0.1) is 0 Å². The molecule has 3 rings (SSSR count). The van der Waals surface area contributed by atoms with Gasteiger partial charge in [-0.3, -0.25) is 10.1 Å². The van der Waals surface area contributed by atoms with Crippen molar-refractivity contribution in [3.63, 3.8) is 0 Å². The minimum atomic E-state index is -0.238. The lowest BCUT2D eigenvalue weighted by molar-refractivity contribution is 0.102. The van der Waals surface area contributed by atoms with Crippen molar-refractivity contribution in [2.75, 3.05) is 5.32 Å². The summed E-state index contributed by atoms with van der Waals surface area (Å²) in [5.41, 5.74) is 1.76. The molecule has 0 saturated carbocycles. The molecule has 0 aliphatic heterocycles. The van der Waals surface area contributed by atoms with Gasteiger partial charge in [-0.05, 0) is 30.2 Å². The molecule has 0 bridgehead atoms. The average Bonchev–Trinajstić information content (AvgIpc) is 3.01. The van der Waals surface area contributed by atoms with Crippen molar-refractivity contribution in [2.45, 2.75) is 12.8 Å². The van der Waals surface area contributed by atoms with Crippen LogP contribution in [-0.2, 0) is 12.8 Å². The number of carbonyl (C=O) groups excluding carboxylic acids is 1. The van der Waals surface area contributed by atoms with E-state index < -0.39 is 0 Å². The second-order valence-electron chi connectivity index (χ2n) is 4.95. The van der Waals surface area contributed by atoms with Crippen LogP contribution in [0.4, 0.5) is 5.13 Å². The molecule has 1 aromatic heterocycles. The summed E-state index contributed by atoms with van der Waals surface area (Å²) in [4.78, 5) is 12.1. The number of rotatable bonds is 5. The van der Waals surface area contributed by atoms with Crippen LogP contribution in [0.5, 0.6) is 0 Å². The van der Waals surface area contributed by atoms with Gasteiger partial charge in [-0.25, -0.2) is 0 Å². The van der Waals surface area contributed by atoms with Gasteiger partial charge in [0.25, 0.3) is 5.91 Å². The molecule has 0 aliphatic carbocycles. The zero-order chi connectivity index (χ0) is 16.1. The van der Waals surface area contributed by atoms with Crippen molar-refractivity contribution in [3.05, 3.63) is 75.8 Å². The second-order valence-corrected chi connectivity index (χ2v) is 6.45. The van der Waals surface area contributed by atoms with E-state index in [9.17, 15) is 4.79 Å². The second kappa shape index (κ2) is 7.35. The number of benzene rings is 2. The van der Waals surface area contributed by atoms with Crippen LogP contribution in [-0.4, -0.2) is 16.1 Å². The molecule has 0 unspecified atom stereocenters. The third-order valence-corrected chi connectivity index (χ3v) is 4.38. The van der Waals surface area contributed by atoms with E-state index in [1.54, 1.807) is 24.3 Å². The standard InChI is InChI=1S/C17H14ClN3OS/c18-14-8-4-7-13(11-14)16(22)19-17-21-20-15(23-17)10-9-12-5-2-1-3-6-12/h1-8,11H,9-10H2,(H,19,21,22). The minimum absolute atomic E-state index is 0.238. The van der Waals surface area contributed by atoms with Crippen molar-refractivity contribution >= 4 is 34.0 Å². The zero-order valence-corrected chi connectivity index (χ0v) is 13.8. The zero-order valence-electron chi connectivity index (χ0n) is 12.2. The summed E-state index contributed by atoms with van der Waals surface area (Å²) in [6.45, 7) is 0. The first-order valence-electron chi connectivity index (χ1n) is 7.14. The molecule has 1 amide bonds. The fourth-order valence-electron chi connectivity index (χ4n) is 2.10. The first-order valence-corrected chi connectivity index (χ1v) is 8.33. The van der Waals surface area contributed by atoms with E-state index in [-0.39, 0.29) is 5.91 Å². The smallest absolute Gasteiger partial charge is 0.257 e. The number of aromatic nitrogens is 2. The number of hydrogen-bond donors (Lipinski definition) is 1. The number of amides is 1. The Morgan fingerprint density at radius 2 is 1.87 bits per heavy atom. The third kappa shape index (κ3) is 4.37. The van der Waals surface area contributed by atoms with Crippen molar-refractivity contribution in [2.24, 2.45) is 0 Å². The largest absolute Gasteiger partial charge is 0.296 e. The fraction of sp³-hybridized carbons (Fsp3) is 0.118. The van der Waals surface area contributed by atoms with Crippen LogP contribution < -0.4 is 5.32 Å². The molecule has 0 fully saturated rings. The van der Waals surface area contributed by atoms with Gasteiger partial charge in [0, 0.05) is 17.0 Å². The molecule has 0 spiro atoms. The van der Waals surface area contributed by atoms with Crippen molar-refractivity contribution in [1.82, 2.24) is 10.2 Å². The maximum atomic E-state index is 12.1. The quantitative estimate of drug-likeness (QED) is 0.754. The van der Waals surface area contributed by atoms with Gasteiger partial charge in [0.2, 0.25) is 5.13 Å². The lowest BCUT2D eigenvalue weighted by Crippen LogP contribution is -2.11. The van der Waals surface area contributed by atoms with Crippen molar-refractivity contribution in [1.29, 1.82) is 0 Å². The maximum absolute atomic E-state index is 12.1. The predicted octanol–water partition coefficient (Wildman–Crippen LogP) is 4.23. The summed E-state index contributed by atoms with van der Waals surface area (Å²) < 4.78 is 0. The molecule has 0 atom stereocenters. The summed E-state index contributed by atoms with van der Waals surface area (Å²) in [7, 11) is 0. The molecule has 0 radical (unpaired) electrons. The maximum Gasteiger partial charge on any atom is 0.257 e. The predicted molar refractivity (Wildman–Crippen MR) is 93.2 cm³/mol. The Bertz CT molecular complexity index is 804. The highest BCUT2D eigenvalue weighted by atomic mass is 35.5. The van der Waals surface area contributed by atoms with Crippen molar-refractivity contribution < 1.29 is 4.79 Å². The molecule has 3 aromatic rings. The number of hydrogen-bond acceptors (Lipinski definition) is 4. The molecular weight excluding hydrogens is 330 g/mol. The third-order valence-electron chi connectivity index (χ3n) is 3.24. The summed E-state index contributed by atoms with van der Waals surface area (Å²) >= 11 is 7.28. The van der Waals surface area contributed by atoms with Crippen LogP contribution >= 0.6 is 22.9 Å². The molecule has 6 heteroatoms. The SMILES string of the molecule is O=C(Nc1nnc(CCc2ccccc2)s1)c1cccc(Cl)c1. The van der Waals surface area contributed by atoms with E-state index in [1.807, 2.05) is 18.2 Å². The fourth-order valence-corrected chi connectivity index (χ4v) is 3.02. The number of anilines is 1. The van der Waals surface area contributed by atoms with Gasteiger partial charge in [-0.2, -0.15) is 0 Å². The molecule has 0 saturated heterocycles. The van der Waals surface area contributed by atoms with E-state index in [0.717, 1.165) is 17.8 Å².